The van der Waals surface area contributed by atoms with Crippen molar-refractivity contribution >= 4 is 17.1 Å². The Kier molecular flexibility index (Phi) is 3.99. The fourth-order valence-corrected chi connectivity index (χ4v) is 2.43. The van der Waals surface area contributed by atoms with Gasteiger partial charge in [0, 0.05) is 12.3 Å². The lowest BCUT2D eigenvalue weighted by Gasteiger charge is -2.07. The Morgan fingerprint density at radius 1 is 1.25 bits per heavy atom. The molecule has 0 bridgehead atoms. The van der Waals surface area contributed by atoms with Crippen LogP contribution in [0.25, 0.3) is 22.3 Å². The molecule has 24 heavy (non-hydrogen) atoms. The summed E-state index contributed by atoms with van der Waals surface area (Å²) in [5.41, 5.74) is 3.24. The van der Waals surface area contributed by atoms with Gasteiger partial charge in [0.15, 0.2) is 0 Å². The van der Waals surface area contributed by atoms with Gasteiger partial charge in [0.05, 0.1) is 29.6 Å². The molecule has 0 atom stereocenters. The van der Waals surface area contributed by atoms with E-state index in [0.29, 0.717) is 11.4 Å². The number of fused-ring (bicyclic) bond motifs is 1. The van der Waals surface area contributed by atoms with Crippen molar-refractivity contribution < 1.29 is 9.53 Å². The molecule has 122 valence electrons. The first-order chi connectivity index (χ1) is 11.5. The third kappa shape index (κ3) is 2.71. The van der Waals surface area contributed by atoms with Gasteiger partial charge < -0.3 is 4.74 Å². The highest BCUT2D eigenvalue weighted by Gasteiger charge is 2.17. The maximum atomic E-state index is 11.9. The largest absolute Gasteiger partial charge is 0.468 e. The predicted molar refractivity (Wildman–Crippen MR) is 89.4 cm³/mol. The van der Waals surface area contributed by atoms with Crippen LogP contribution in [-0.2, 0) is 16.1 Å². The molecule has 0 amide bonds. The molecule has 0 saturated carbocycles. The molecule has 3 aromatic rings. The van der Waals surface area contributed by atoms with Crippen molar-refractivity contribution in [1.29, 1.82) is 0 Å². The summed E-state index contributed by atoms with van der Waals surface area (Å²) in [6.45, 7) is 5.57. The molecule has 0 aliphatic carbocycles. The van der Waals surface area contributed by atoms with Crippen LogP contribution in [0.5, 0.6) is 0 Å². The topological polar surface area (TPSA) is 78.5 Å². The van der Waals surface area contributed by atoms with Crippen LogP contribution >= 0.6 is 0 Å². The number of methoxy groups -OCH3 is 1. The van der Waals surface area contributed by atoms with E-state index in [1.54, 1.807) is 10.6 Å². The van der Waals surface area contributed by atoms with Crippen LogP contribution in [-0.4, -0.2) is 32.5 Å². The molecule has 0 spiro atoms. The Bertz CT molecular complexity index is 1000. The van der Waals surface area contributed by atoms with Gasteiger partial charge in [-0.3, -0.25) is 9.59 Å². The number of pyridine rings is 1. The lowest BCUT2D eigenvalue weighted by atomic mass is 10.1. The lowest BCUT2D eigenvalue weighted by molar-refractivity contribution is -0.141. The van der Waals surface area contributed by atoms with E-state index < -0.39 is 5.97 Å². The van der Waals surface area contributed by atoms with Gasteiger partial charge in [0.1, 0.15) is 6.54 Å². The van der Waals surface area contributed by atoms with Gasteiger partial charge in [-0.05, 0) is 30.7 Å². The first-order valence-electron chi connectivity index (χ1n) is 7.30. The maximum Gasteiger partial charge on any atom is 0.327 e. The molecule has 0 aliphatic heterocycles. The summed E-state index contributed by atoms with van der Waals surface area (Å²) in [4.78, 5) is 23.4. The average Bonchev–Trinajstić information content (AvgIpc) is 2.96. The molecule has 0 saturated heterocycles. The van der Waals surface area contributed by atoms with E-state index in [1.807, 2.05) is 31.3 Å². The van der Waals surface area contributed by atoms with Crippen LogP contribution in [0.2, 0.25) is 0 Å². The van der Waals surface area contributed by atoms with E-state index in [1.165, 1.54) is 13.2 Å². The fourth-order valence-electron chi connectivity index (χ4n) is 2.43. The Labute approximate surface area is 137 Å². The molecule has 0 N–H and O–H groups in total. The zero-order valence-corrected chi connectivity index (χ0v) is 13.4. The van der Waals surface area contributed by atoms with E-state index in [9.17, 15) is 9.59 Å². The number of ether oxygens (including phenoxy) is 1. The molecule has 3 aromatic heterocycles. The van der Waals surface area contributed by atoms with E-state index in [2.05, 4.69) is 21.5 Å². The van der Waals surface area contributed by atoms with Crippen molar-refractivity contribution in [2.24, 2.45) is 0 Å². The van der Waals surface area contributed by atoms with Crippen LogP contribution in [0.3, 0.4) is 0 Å². The second-order valence-electron chi connectivity index (χ2n) is 5.32. The first kappa shape index (κ1) is 15.7. The summed E-state index contributed by atoms with van der Waals surface area (Å²) in [6.07, 6.45) is 1.83. The van der Waals surface area contributed by atoms with Crippen molar-refractivity contribution in [3.63, 3.8) is 0 Å². The number of rotatable bonds is 4. The van der Waals surface area contributed by atoms with Crippen molar-refractivity contribution in [3.05, 3.63) is 59.2 Å². The number of hydrogen-bond donors (Lipinski definition) is 0. The van der Waals surface area contributed by atoms with Gasteiger partial charge >= 0.3 is 5.97 Å². The van der Waals surface area contributed by atoms with Crippen LogP contribution in [0.1, 0.15) is 12.6 Å². The predicted octanol–water partition coefficient (Wildman–Crippen LogP) is 1.76. The minimum absolute atomic E-state index is 0.245. The minimum Gasteiger partial charge on any atom is -0.468 e. The zero-order chi connectivity index (χ0) is 17.3. The Balaban J connectivity index is 2.22. The summed E-state index contributed by atoms with van der Waals surface area (Å²) >= 11 is 0. The normalized spacial score (nSPS) is 10.8. The molecule has 7 nitrogen and oxygen atoms in total. The minimum atomic E-state index is -0.540. The number of carbonyl (C=O) groups is 1. The molecule has 3 rings (SSSR count). The molecular formula is C17H16N4O3. The van der Waals surface area contributed by atoms with Gasteiger partial charge in [0.25, 0.3) is 5.56 Å². The molecular weight excluding hydrogens is 308 g/mol. The number of carbonyl (C=O) groups excluding carboxylic acids is 1. The zero-order valence-electron chi connectivity index (χ0n) is 13.4. The molecule has 3 heterocycles. The average molecular weight is 324 g/mol. The second kappa shape index (κ2) is 6.11. The van der Waals surface area contributed by atoms with Crippen molar-refractivity contribution in [1.82, 2.24) is 19.4 Å². The number of nitrogens with zero attached hydrogens (tertiary/aromatic N) is 4. The standard InChI is InChI=1S/C17H16N4O3/c1-11(2)17-16(13-6-4-5-9-20(13)19-17)12-7-8-14(22)21(18-12)10-15(23)24-3/h4-9H,1,10H2,2-3H3. The maximum absolute atomic E-state index is 11.9. The van der Waals surface area contributed by atoms with Crippen LogP contribution in [0.4, 0.5) is 0 Å². The quantitative estimate of drug-likeness (QED) is 0.683. The number of esters is 1. The van der Waals surface area contributed by atoms with Crippen molar-refractivity contribution in [3.8, 4) is 11.3 Å². The van der Waals surface area contributed by atoms with E-state index in [4.69, 9.17) is 0 Å². The van der Waals surface area contributed by atoms with Gasteiger partial charge in [0.2, 0.25) is 0 Å². The fraction of sp³-hybridized carbons (Fsp3) is 0.176. The first-order valence-corrected chi connectivity index (χ1v) is 7.30. The molecule has 0 aliphatic rings. The van der Waals surface area contributed by atoms with Crippen LogP contribution in [0.15, 0.2) is 47.9 Å². The third-order valence-electron chi connectivity index (χ3n) is 3.57. The molecule has 0 aromatic carbocycles. The van der Waals surface area contributed by atoms with E-state index in [-0.39, 0.29) is 12.1 Å². The third-order valence-corrected chi connectivity index (χ3v) is 3.57. The van der Waals surface area contributed by atoms with Crippen molar-refractivity contribution in [2.75, 3.05) is 7.11 Å². The van der Waals surface area contributed by atoms with Gasteiger partial charge in [-0.1, -0.05) is 12.6 Å². The smallest absolute Gasteiger partial charge is 0.327 e. The van der Waals surface area contributed by atoms with Crippen molar-refractivity contribution in [2.45, 2.75) is 13.5 Å². The number of allylic oxidation sites excluding steroid dienone is 1. The summed E-state index contributed by atoms with van der Waals surface area (Å²) in [5.74, 6) is -0.540. The Morgan fingerprint density at radius 2 is 2.04 bits per heavy atom. The highest BCUT2D eigenvalue weighted by atomic mass is 16.5. The lowest BCUT2D eigenvalue weighted by Crippen LogP contribution is -2.26. The molecule has 7 heteroatoms. The van der Waals surface area contributed by atoms with E-state index in [0.717, 1.165) is 21.3 Å². The van der Waals surface area contributed by atoms with Crippen LogP contribution < -0.4 is 5.56 Å². The molecule has 0 radical (unpaired) electrons. The highest BCUT2D eigenvalue weighted by Crippen LogP contribution is 2.30. The summed E-state index contributed by atoms with van der Waals surface area (Å²) < 4.78 is 7.41. The Morgan fingerprint density at radius 3 is 2.75 bits per heavy atom. The van der Waals surface area contributed by atoms with Gasteiger partial charge in [-0.15, -0.1) is 0 Å². The Hall–Kier alpha value is -3.22. The van der Waals surface area contributed by atoms with Gasteiger partial charge in [-0.25, -0.2) is 9.20 Å². The van der Waals surface area contributed by atoms with E-state index >= 15 is 0 Å². The van der Waals surface area contributed by atoms with Crippen LogP contribution in [0, 0.1) is 0 Å². The number of hydrogen-bond acceptors (Lipinski definition) is 5. The molecule has 0 unspecified atom stereocenters. The molecule has 0 fully saturated rings. The SMILES string of the molecule is C=C(C)c1nn2ccccc2c1-c1ccc(=O)n(CC(=O)OC)n1. The monoisotopic (exact) mass is 324 g/mol. The summed E-state index contributed by atoms with van der Waals surface area (Å²) in [6, 6.07) is 8.67. The van der Waals surface area contributed by atoms with Gasteiger partial charge in [-0.2, -0.15) is 10.2 Å². The number of aromatic nitrogens is 4. The highest BCUT2D eigenvalue weighted by molar-refractivity contribution is 5.87. The summed E-state index contributed by atoms with van der Waals surface area (Å²) in [7, 11) is 1.27. The second-order valence-corrected chi connectivity index (χ2v) is 5.32. The summed E-state index contributed by atoms with van der Waals surface area (Å²) in [5, 5.41) is 8.82.